The molecule has 2 rings (SSSR count). The van der Waals surface area contributed by atoms with Gasteiger partial charge in [0.1, 0.15) is 0 Å². The first-order valence-corrected chi connectivity index (χ1v) is 6.19. The quantitative estimate of drug-likeness (QED) is 0.737. The summed E-state index contributed by atoms with van der Waals surface area (Å²) in [7, 11) is 0. The zero-order valence-electron chi connectivity index (χ0n) is 8.42. The van der Waals surface area contributed by atoms with Gasteiger partial charge in [-0.1, -0.05) is 41.1 Å². The molecule has 0 aliphatic carbocycles. The van der Waals surface area contributed by atoms with E-state index in [1.54, 1.807) is 0 Å². The maximum Gasteiger partial charge on any atom is 0.0719 e. The molecule has 1 atom stereocenters. The Kier molecular flexibility index (Phi) is 3.24. The lowest BCUT2D eigenvalue weighted by atomic mass is 9.95. The lowest BCUT2D eigenvalue weighted by molar-refractivity contribution is 0.110. The molecule has 1 aliphatic rings. The van der Waals surface area contributed by atoms with Crippen LogP contribution < -0.4 is 0 Å². The van der Waals surface area contributed by atoms with E-state index < -0.39 is 0 Å². The van der Waals surface area contributed by atoms with E-state index in [1.165, 1.54) is 16.7 Å². The standard InChI is InChI=1S/C12H15BrO/c1-9(7-13)10-2-3-12-8-14-5-4-11(12)6-10/h2-3,6,9H,4-5,7-8H2,1H3. The van der Waals surface area contributed by atoms with Crippen LogP contribution in [-0.4, -0.2) is 11.9 Å². The topological polar surface area (TPSA) is 9.23 Å². The van der Waals surface area contributed by atoms with E-state index in [2.05, 4.69) is 41.1 Å². The molecular weight excluding hydrogens is 240 g/mol. The van der Waals surface area contributed by atoms with E-state index >= 15 is 0 Å². The molecule has 0 amide bonds. The first-order valence-electron chi connectivity index (χ1n) is 5.06. The van der Waals surface area contributed by atoms with Crippen LogP contribution in [-0.2, 0) is 17.8 Å². The highest BCUT2D eigenvalue weighted by Gasteiger charge is 2.11. The molecule has 1 aliphatic heterocycles. The summed E-state index contributed by atoms with van der Waals surface area (Å²) in [5.41, 5.74) is 4.27. The van der Waals surface area contributed by atoms with Crippen molar-refractivity contribution >= 4 is 15.9 Å². The summed E-state index contributed by atoms with van der Waals surface area (Å²) in [5, 5.41) is 1.03. The van der Waals surface area contributed by atoms with E-state index in [0.717, 1.165) is 25.0 Å². The predicted molar refractivity (Wildman–Crippen MR) is 62.0 cm³/mol. The number of ether oxygens (including phenoxy) is 1. The van der Waals surface area contributed by atoms with Crippen LogP contribution in [0.25, 0.3) is 0 Å². The Balaban J connectivity index is 2.29. The first-order chi connectivity index (χ1) is 6.81. The second-order valence-electron chi connectivity index (χ2n) is 3.89. The molecule has 1 unspecified atom stereocenters. The van der Waals surface area contributed by atoms with Gasteiger partial charge in [-0.3, -0.25) is 0 Å². The van der Waals surface area contributed by atoms with Gasteiger partial charge >= 0.3 is 0 Å². The van der Waals surface area contributed by atoms with Gasteiger partial charge in [0.2, 0.25) is 0 Å². The monoisotopic (exact) mass is 254 g/mol. The third kappa shape index (κ3) is 2.01. The van der Waals surface area contributed by atoms with Crippen LogP contribution in [0.4, 0.5) is 0 Å². The minimum Gasteiger partial charge on any atom is -0.376 e. The molecule has 0 spiro atoms. The molecule has 76 valence electrons. The molecular formula is C12H15BrO. The highest BCUT2D eigenvalue weighted by molar-refractivity contribution is 9.09. The number of hydrogen-bond donors (Lipinski definition) is 0. The van der Waals surface area contributed by atoms with Gasteiger partial charge in [0.25, 0.3) is 0 Å². The van der Waals surface area contributed by atoms with Crippen molar-refractivity contribution < 1.29 is 4.74 Å². The maximum atomic E-state index is 5.41. The van der Waals surface area contributed by atoms with Crippen molar-refractivity contribution in [1.29, 1.82) is 0 Å². The predicted octanol–water partition coefficient (Wildman–Crippen LogP) is 3.26. The highest BCUT2D eigenvalue weighted by Crippen LogP contribution is 2.23. The average molecular weight is 255 g/mol. The van der Waals surface area contributed by atoms with Crippen molar-refractivity contribution in [2.24, 2.45) is 0 Å². The molecule has 1 aromatic carbocycles. The summed E-state index contributed by atoms with van der Waals surface area (Å²) in [6.45, 7) is 3.91. The molecule has 0 radical (unpaired) electrons. The number of hydrogen-bond acceptors (Lipinski definition) is 1. The molecule has 0 aromatic heterocycles. The van der Waals surface area contributed by atoms with Crippen LogP contribution in [0.5, 0.6) is 0 Å². The fourth-order valence-electron chi connectivity index (χ4n) is 1.78. The summed E-state index contributed by atoms with van der Waals surface area (Å²) < 4.78 is 5.41. The van der Waals surface area contributed by atoms with Gasteiger partial charge < -0.3 is 4.74 Å². The molecule has 0 saturated carbocycles. The molecule has 0 fully saturated rings. The van der Waals surface area contributed by atoms with Crippen molar-refractivity contribution in [3.8, 4) is 0 Å². The Morgan fingerprint density at radius 2 is 2.29 bits per heavy atom. The number of benzene rings is 1. The van der Waals surface area contributed by atoms with Crippen molar-refractivity contribution in [2.75, 3.05) is 11.9 Å². The molecule has 0 bridgehead atoms. The number of alkyl halides is 1. The SMILES string of the molecule is CC(CBr)c1ccc2c(c1)CCOC2. The Morgan fingerprint density at radius 3 is 3.07 bits per heavy atom. The maximum absolute atomic E-state index is 5.41. The van der Waals surface area contributed by atoms with Crippen molar-refractivity contribution in [3.05, 3.63) is 34.9 Å². The van der Waals surface area contributed by atoms with Gasteiger partial charge in [0.15, 0.2) is 0 Å². The summed E-state index contributed by atoms with van der Waals surface area (Å²) in [5.74, 6) is 0.600. The van der Waals surface area contributed by atoms with Gasteiger partial charge in [0, 0.05) is 5.33 Å². The summed E-state index contributed by atoms with van der Waals surface area (Å²) in [6, 6.07) is 6.77. The van der Waals surface area contributed by atoms with Crippen LogP contribution >= 0.6 is 15.9 Å². The average Bonchev–Trinajstić information content (AvgIpc) is 2.27. The van der Waals surface area contributed by atoms with Gasteiger partial charge in [-0.15, -0.1) is 0 Å². The Bertz CT molecular complexity index is 322. The highest BCUT2D eigenvalue weighted by atomic mass is 79.9. The minimum atomic E-state index is 0.600. The van der Waals surface area contributed by atoms with Crippen molar-refractivity contribution in [1.82, 2.24) is 0 Å². The van der Waals surface area contributed by atoms with Gasteiger partial charge in [-0.25, -0.2) is 0 Å². The van der Waals surface area contributed by atoms with Gasteiger partial charge in [0.05, 0.1) is 13.2 Å². The third-order valence-corrected chi connectivity index (χ3v) is 3.78. The normalized spacial score (nSPS) is 17.6. The van der Waals surface area contributed by atoms with Crippen LogP contribution in [0.1, 0.15) is 29.5 Å². The zero-order valence-corrected chi connectivity index (χ0v) is 10.0. The largest absolute Gasteiger partial charge is 0.376 e. The summed E-state index contributed by atoms with van der Waals surface area (Å²) in [6.07, 6.45) is 1.07. The smallest absolute Gasteiger partial charge is 0.0719 e. The van der Waals surface area contributed by atoms with Crippen molar-refractivity contribution in [3.63, 3.8) is 0 Å². The summed E-state index contributed by atoms with van der Waals surface area (Å²) in [4.78, 5) is 0. The molecule has 1 aromatic rings. The lowest BCUT2D eigenvalue weighted by Gasteiger charge is -2.18. The number of fused-ring (bicyclic) bond motifs is 1. The van der Waals surface area contributed by atoms with E-state index in [9.17, 15) is 0 Å². The summed E-state index contributed by atoms with van der Waals surface area (Å²) >= 11 is 3.52. The third-order valence-electron chi connectivity index (χ3n) is 2.80. The molecule has 0 saturated heterocycles. The van der Waals surface area contributed by atoms with E-state index in [1.807, 2.05) is 0 Å². The minimum absolute atomic E-state index is 0.600. The number of rotatable bonds is 2. The van der Waals surface area contributed by atoms with Crippen LogP contribution in [0, 0.1) is 0 Å². The molecule has 0 N–H and O–H groups in total. The Labute approximate surface area is 93.6 Å². The first kappa shape index (κ1) is 10.2. The molecule has 1 heterocycles. The lowest BCUT2D eigenvalue weighted by Crippen LogP contribution is -2.10. The molecule has 14 heavy (non-hydrogen) atoms. The van der Waals surface area contributed by atoms with E-state index in [0.29, 0.717) is 5.92 Å². The van der Waals surface area contributed by atoms with E-state index in [4.69, 9.17) is 4.74 Å². The Morgan fingerprint density at radius 1 is 1.43 bits per heavy atom. The fourth-order valence-corrected chi connectivity index (χ4v) is 2.15. The van der Waals surface area contributed by atoms with Crippen LogP contribution in [0.2, 0.25) is 0 Å². The zero-order chi connectivity index (χ0) is 9.97. The fraction of sp³-hybridized carbons (Fsp3) is 0.500. The Hall–Kier alpha value is -0.340. The van der Waals surface area contributed by atoms with E-state index in [-0.39, 0.29) is 0 Å². The van der Waals surface area contributed by atoms with Crippen molar-refractivity contribution in [2.45, 2.75) is 25.9 Å². The number of halogens is 1. The second kappa shape index (κ2) is 4.45. The van der Waals surface area contributed by atoms with Crippen LogP contribution in [0.15, 0.2) is 18.2 Å². The second-order valence-corrected chi connectivity index (χ2v) is 4.53. The molecule has 2 heteroatoms. The molecule has 1 nitrogen and oxygen atoms in total. The van der Waals surface area contributed by atoms with Gasteiger partial charge in [-0.2, -0.15) is 0 Å². The van der Waals surface area contributed by atoms with Crippen LogP contribution in [0.3, 0.4) is 0 Å². The van der Waals surface area contributed by atoms with Gasteiger partial charge in [-0.05, 0) is 29.0 Å².